The van der Waals surface area contributed by atoms with Crippen LogP contribution >= 0.6 is 0 Å². The molecule has 0 bridgehead atoms. The predicted octanol–water partition coefficient (Wildman–Crippen LogP) is 1.80. The van der Waals surface area contributed by atoms with Crippen molar-refractivity contribution in [2.24, 2.45) is 0 Å². The quantitative estimate of drug-likeness (QED) is 0.722. The Morgan fingerprint density at radius 2 is 1.65 bits per heavy atom. The van der Waals surface area contributed by atoms with Crippen LogP contribution < -0.4 is 0 Å². The third kappa shape index (κ3) is 4.89. The van der Waals surface area contributed by atoms with Crippen molar-refractivity contribution >= 4 is 12.0 Å². The van der Waals surface area contributed by atoms with Crippen LogP contribution in [0.5, 0.6) is 0 Å². The molecule has 0 aliphatic carbocycles. The minimum Gasteiger partial charge on any atom is -0.480 e. The van der Waals surface area contributed by atoms with E-state index in [1.54, 1.807) is 24.8 Å². The van der Waals surface area contributed by atoms with Gasteiger partial charge in [0.1, 0.15) is 6.54 Å². The van der Waals surface area contributed by atoms with Gasteiger partial charge in [0.05, 0.1) is 0 Å². The summed E-state index contributed by atoms with van der Waals surface area (Å²) in [6, 6.07) is -0.405. The number of carboxylic acid groups (broad SMARTS) is 1. The highest BCUT2D eigenvalue weighted by Gasteiger charge is 2.25. The summed E-state index contributed by atoms with van der Waals surface area (Å²) in [4.78, 5) is 25.9. The second kappa shape index (κ2) is 6.93. The maximum Gasteiger partial charge on any atom is 0.323 e. The van der Waals surface area contributed by atoms with Crippen LogP contribution in [0.15, 0.2) is 12.7 Å². The Morgan fingerprint density at radius 1 is 1.18 bits per heavy atom. The van der Waals surface area contributed by atoms with E-state index >= 15 is 0 Å². The van der Waals surface area contributed by atoms with Gasteiger partial charge in [-0.3, -0.25) is 4.79 Å². The standard InChI is InChI=1S/C12H22N2O3/c1-6-7-13(9(2)3)12(17)14(10(4)5)8-11(15)16/h6,9-10H,1,7-8H2,2-5H3,(H,15,16). The zero-order valence-corrected chi connectivity index (χ0v) is 11.0. The number of carbonyl (C=O) groups is 2. The highest BCUT2D eigenvalue weighted by atomic mass is 16.4. The molecule has 2 amide bonds. The molecule has 5 heteroatoms. The fourth-order valence-corrected chi connectivity index (χ4v) is 1.43. The van der Waals surface area contributed by atoms with E-state index in [-0.39, 0.29) is 24.7 Å². The minimum absolute atomic E-state index is 0.00976. The van der Waals surface area contributed by atoms with E-state index in [9.17, 15) is 9.59 Å². The third-order valence-corrected chi connectivity index (χ3v) is 2.37. The summed E-state index contributed by atoms with van der Waals surface area (Å²) in [7, 11) is 0. The average Bonchev–Trinajstić information content (AvgIpc) is 2.20. The van der Waals surface area contributed by atoms with Gasteiger partial charge in [0.25, 0.3) is 0 Å². The van der Waals surface area contributed by atoms with Crippen LogP contribution in [0.25, 0.3) is 0 Å². The van der Waals surface area contributed by atoms with E-state index in [0.717, 1.165) is 0 Å². The predicted molar refractivity (Wildman–Crippen MR) is 66.9 cm³/mol. The Labute approximate surface area is 103 Å². The number of nitrogens with zero attached hydrogens (tertiary/aromatic N) is 2. The summed E-state index contributed by atoms with van der Waals surface area (Å²) >= 11 is 0. The van der Waals surface area contributed by atoms with Crippen molar-refractivity contribution in [3.8, 4) is 0 Å². The lowest BCUT2D eigenvalue weighted by Gasteiger charge is -2.34. The Balaban J connectivity index is 4.89. The van der Waals surface area contributed by atoms with Crippen LogP contribution in [0.2, 0.25) is 0 Å². The van der Waals surface area contributed by atoms with Gasteiger partial charge in [-0.15, -0.1) is 6.58 Å². The zero-order valence-electron chi connectivity index (χ0n) is 11.0. The number of hydrogen-bond donors (Lipinski definition) is 1. The molecule has 0 aromatic heterocycles. The van der Waals surface area contributed by atoms with Gasteiger partial charge in [0.2, 0.25) is 0 Å². The second-order valence-corrected chi connectivity index (χ2v) is 4.43. The monoisotopic (exact) mass is 242 g/mol. The molecule has 0 radical (unpaired) electrons. The Bertz CT molecular complexity index is 287. The van der Waals surface area contributed by atoms with Gasteiger partial charge < -0.3 is 14.9 Å². The van der Waals surface area contributed by atoms with Gasteiger partial charge in [-0.25, -0.2) is 4.79 Å². The van der Waals surface area contributed by atoms with Crippen LogP contribution in [0.1, 0.15) is 27.7 Å². The lowest BCUT2D eigenvalue weighted by molar-refractivity contribution is -0.138. The maximum atomic E-state index is 12.2. The number of aliphatic carboxylic acids is 1. The molecule has 0 saturated heterocycles. The lowest BCUT2D eigenvalue weighted by atomic mass is 10.3. The molecule has 5 nitrogen and oxygen atoms in total. The Hall–Kier alpha value is -1.52. The molecule has 0 heterocycles. The molecule has 0 aromatic rings. The molecule has 0 saturated carbocycles. The van der Waals surface area contributed by atoms with Gasteiger partial charge >= 0.3 is 12.0 Å². The molecule has 0 rings (SSSR count). The first-order valence-corrected chi connectivity index (χ1v) is 5.71. The van der Waals surface area contributed by atoms with Crippen molar-refractivity contribution in [2.75, 3.05) is 13.1 Å². The van der Waals surface area contributed by atoms with Crippen LogP contribution in [-0.2, 0) is 4.79 Å². The van der Waals surface area contributed by atoms with Gasteiger partial charge in [-0.05, 0) is 27.7 Å². The molecule has 0 atom stereocenters. The first kappa shape index (κ1) is 15.5. The van der Waals surface area contributed by atoms with Gasteiger partial charge in [-0.1, -0.05) is 6.08 Å². The molecule has 0 aromatic carbocycles. The number of amides is 2. The van der Waals surface area contributed by atoms with Crippen molar-refractivity contribution in [2.45, 2.75) is 39.8 Å². The highest BCUT2D eigenvalue weighted by Crippen LogP contribution is 2.08. The molecule has 0 aliphatic heterocycles. The maximum absolute atomic E-state index is 12.2. The number of rotatable bonds is 6. The summed E-state index contributed by atoms with van der Waals surface area (Å²) in [5.74, 6) is -1.01. The second-order valence-electron chi connectivity index (χ2n) is 4.43. The largest absolute Gasteiger partial charge is 0.480 e. The fourth-order valence-electron chi connectivity index (χ4n) is 1.43. The molecule has 98 valence electrons. The molecule has 0 aliphatic rings. The number of hydrogen-bond acceptors (Lipinski definition) is 2. The van der Waals surface area contributed by atoms with Gasteiger partial charge in [0.15, 0.2) is 0 Å². The molecular weight excluding hydrogens is 220 g/mol. The molecule has 17 heavy (non-hydrogen) atoms. The Kier molecular flexibility index (Phi) is 6.31. The minimum atomic E-state index is -1.01. The summed E-state index contributed by atoms with van der Waals surface area (Å²) in [5, 5.41) is 8.80. The molecule has 0 spiro atoms. The smallest absolute Gasteiger partial charge is 0.323 e. The van der Waals surface area contributed by atoms with Crippen molar-refractivity contribution in [1.29, 1.82) is 0 Å². The van der Waals surface area contributed by atoms with E-state index in [1.807, 2.05) is 13.8 Å². The summed E-state index contributed by atoms with van der Waals surface area (Å²) in [6.45, 7) is 11.1. The summed E-state index contributed by atoms with van der Waals surface area (Å²) < 4.78 is 0. The molecule has 0 unspecified atom stereocenters. The van der Waals surface area contributed by atoms with E-state index in [2.05, 4.69) is 6.58 Å². The van der Waals surface area contributed by atoms with Gasteiger partial charge in [-0.2, -0.15) is 0 Å². The van der Waals surface area contributed by atoms with E-state index in [1.165, 1.54) is 4.90 Å². The van der Waals surface area contributed by atoms with E-state index in [4.69, 9.17) is 5.11 Å². The Morgan fingerprint density at radius 3 is 1.94 bits per heavy atom. The first-order chi connectivity index (χ1) is 7.81. The van der Waals surface area contributed by atoms with Crippen LogP contribution in [0.4, 0.5) is 4.79 Å². The van der Waals surface area contributed by atoms with Crippen LogP contribution in [0.3, 0.4) is 0 Å². The number of urea groups is 1. The first-order valence-electron chi connectivity index (χ1n) is 5.71. The molecular formula is C12H22N2O3. The fraction of sp³-hybridized carbons (Fsp3) is 0.667. The summed E-state index contributed by atoms with van der Waals surface area (Å²) in [6.07, 6.45) is 1.64. The van der Waals surface area contributed by atoms with Crippen molar-refractivity contribution < 1.29 is 14.7 Å². The van der Waals surface area contributed by atoms with Crippen molar-refractivity contribution in [3.63, 3.8) is 0 Å². The van der Waals surface area contributed by atoms with Crippen molar-refractivity contribution in [3.05, 3.63) is 12.7 Å². The van der Waals surface area contributed by atoms with Gasteiger partial charge in [0, 0.05) is 18.6 Å². The lowest BCUT2D eigenvalue weighted by Crippen LogP contribution is -2.50. The SMILES string of the molecule is C=CCN(C(=O)N(CC(=O)O)C(C)C)C(C)C. The number of carbonyl (C=O) groups excluding carboxylic acids is 1. The van der Waals surface area contributed by atoms with Crippen molar-refractivity contribution in [1.82, 2.24) is 9.80 Å². The highest BCUT2D eigenvalue weighted by molar-refractivity contribution is 5.80. The van der Waals surface area contributed by atoms with E-state index < -0.39 is 5.97 Å². The average molecular weight is 242 g/mol. The zero-order chi connectivity index (χ0) is 13.6. The third-order valence-electron chi connectivity index (χ3n) is 2.37. The topological polar surface area (TPSA) is 60.9 Å². The molecule has 0 fully saturated rings. The summed E-state index contributed by atoms with van der Waals surface area (Å²) in [5.41, 5.74) is 0. The molecule has 1 N–H and O–H groups in total. The van der Waals surface area contributed by atoms with Crippen LogP contribution in [0, 0.1) is 0 Å². The van der Waals surface area contributed by atoms with Crippen LogP contribution in [-0.4, -0.2) is 52.1 Å². The normalized spacial score (nSPS) is 10.5. The van der Waals surface area contributed by atoms with E-state index in [0.29, 0.717) is 6.54 Å². The number of carboxylic acids is 1.